The van der Waals surface area contributed by atoms with Crippen LogP contribution >= 0.6 is 0 Å². The van der Waals surface area contributed by atoms with Crippen LogP contribution in [0.1, 0.15) is 85.5 Å². The Hall–Kier alpha value is -8.64. The molecule has 10 rings (SSSR count). The van der Waals surface area contributed by atoms with Crippen LogP contribution < -0.4 is 30.7 Å². The molecule has 4 aromatic carbocycles. The number of likely N-dealkylation sites (tertiary alicyclic amines) is 2. The van der Waals surface area contributed by atoms with Gasteiger partial charge in [-0.15, -0.1) is 0 Å². The van der Waals surface area contributed by atoms with Crippen LogP contribution in [0, 0.1) is 34.5 Å². The average molecular weight is 999 g/mol. The summed E-state index contributed by atoms with van der Waals surface area (Å²) >= 11 is 0. The number of para-hydroxylation sites is 2. The summed E-state index contributed by atoms with van der Waals surface area (Å²) < 4.78 is 10.8. The third-order valence-corrected chi connectivity index (χ3v) is 14.6. The Kier molecular flexibility index (Phi) is 13.7. The van der Waals surface area contributed by atoms with Gasteiger partial charge in [0.05, 0.1) is 37.2 Å². The first-order chi connectivity index (χ1) is 35.5. The molecule has 0 saturated carbocycles. The lowest BCUT2D eigenvalue weighted by molar-refractivity contribution is -0.135. The topological polar surface area (TPSA) is 255 Å². The Labute approximate surface area is 427 Å². The van der Waals surface area contributed by atoms with Crippen molar-refractivity contribution in [1.29, 1.82) is 10.5 Å². The molecule has 2 saturated heterocycles. The number of benzene rings is 4. The molecule has 6 atom stereocenters. The lowest BCUT2D eigenvalue weighted by Crippen LogP contribution is -2.51. The van der Waals surface area contributed by atoms with Gasteiger partial charge in [-0.3, -0.25) is 28.8 Å². The van der Waals surface area contributed by atoms with Crippen molar-refractivity contribution in [1.82, 2.24) is 30.4 Å². The van der Waals surface area contributed by atoms with Gasteiger partial charge in [0.15, 0.2) is 0 Å². The van der Waals surface area contributed by atoms with Gasteiger partial charge in [0.1, 0.15) is 47.1 Å². The summed E-state index contributed by atoms with van der Waals surface area (Å²) in [5.41, 5.74) is 3.15. The minimum absolute atomic E-state index is 0.0843. The number of methoxy groups -OCH3 is 2. The van der Waals surface area contributed by atoms with Crippen LogP contribution in [0.3, 0.4) is 0 Å². The van der Waals surface area contributed by atoms with E-state index in [2.05, 4.69) is 43.4 Å². The van der Waals surface area contributed by atoms with Crippen molar-refractivity contribution in [2.75, 3.05) is 37.9 Å². The molecule has 0 aliphatic carbocycles. The van der Waals surface area contributed by atoms with Gasteiger partial charge in [-0.2, -0.15) is 10.5 Å². The fourth-order valence-electron chi connectivity index (χ4n) is 11.1. The third-order valence-electron chi connectivity index (χ3n) is 14.6. The van der Waals surface area contributed by atoms with Gasteiger partial charge in [0.2, 0.25) is 23.6 Å². The summed E-state index contributed by atoms with van der Waals surface area (Å²) in [4.78, 5) is 89.5. The predicted molar refractivity (Wildman–Crippen MR) is 276 cm³/mol. The minimum Gasteiger partial charge on any atom is -0.496 e. The second kappa shape index (κ2) is 20.1. The number of rotatable bonds is 12. The van der Waals surface area contributed by atoms with Crippen molar-refractivity contribution in [2.24, 2.45) is 11.8 Å². The van der Waals surface area contributed by atoms with Gasteiger partial charge in [-0.1, -0.05) is 76.2 Å². The van der Waals surface area contributed by atoms with Gasteiger partial charge < -0.3 is 50.5 Å². The smallest absolute Gasteiger partial charge is 0.268 e. The van der Waals surface area contributed by atoms with Gasteiger partial charge >= 0.3 is 0 Å². The van der Waals surface area contributed by atoms with Crippen LogP contribution in [-0.2, 0) is 30.0 Å². The molecule has 4 aliphatic heterocycles. The number of H-pyrrole nitrogens is 2. The van der Waals surface area contributed by atoms with E-state index in [1.807, 2.05) is 113 Å². The lowest BCUT2D eigenvalue weighted by atomic mass is 9.80. The zero-order chi connectivity index (χ0) is 52.6. The fourth-order valence-corrected chi connectivity index (χ4v) is 11.1. The molecule has 6 amide bonds. The fraction of sp³-hybridized carbons (Fsp3) is 0.357. The number of anilines is 2. The second-order valence-electron chi connectivity index (χ2n) is 20.3. The molecule has 0 unspecified atom stereocenters. The summed E-state index contributed by atoms with van der Waals surface area (Å²) in [7, 11) is 3.13. The summed E-state index contributed by atoms with van der Waals surface area (Å²) in [5.74, 6) is -0.524. The number of nitrogens with zero attached hydrogens (tertiary/aromatic N) is 4. The van der Waals surface area contributed by atoms with E-state index in [4.69, 9.17) is 9.47 Å². The molecule has 2 aromatic heterocycles. The maximum absolute atomic E-state index is 13.8. The molecule has 74 heavy (non-hydrogen) atoms. The van der Waals surface area contributed by atoms with E-state index in [0.29, 0.717) is 47.1 Å². The quantitative estimate of drug-likeness (QED) is 0.0759. The summed E-state index contributed by atoms with van der Waals surface area (Å²) in [6, 6.07) is 30.3. The minimum atomic E-state index is -0.979. The van der Waals surface area contributed by atoms with Gasteiger partial charge in [0.25, 0.3) is 11.8 Å². The van der Waals surface area contributed by atoms with Crippen LogP contribution in [-0.4, -0.2) is 107 Å². The number of carbonyl (C=O) groups excluding carboxylic acids is 6. The number of aromatic nitrogens is 2. The van der Waals surface area contributed by atoms with Crippen molar-refractivity contribution in [3.05, 3.63) is 120 Å². The highest BCUT2D eigenvalue weighted by Gasteiger charge is 2.58. The number of hydrogen-bond donors (Lipinski definition) is 6. The Morgan fingerprint density at radius 1 is 0.622 bits per heavy atom. The van der Waals surface area contributed by atoms with E-state index in [0.717, 1.165) is 32.9 Å². The first-order valence-corrected chi connectivity index (χ1v) is 24.7. The Morgan fingerprint density at radius 3 is 1.38 bits per heavy atom. The van der Waals surface area contributed by atoms with E-state index in [1.165, 1.54) is 9.80 Å². The highest BCUT2D eigenvalue weighted by Crippen LogP contribution is 2.48. The summed E-state index contributed by atoms with van der Waals surface area (Å²) in [5, 5.41) is 33.0. The Balaban J connectivity index is 0.000000182. The molecule has 2 fully saturated rings. The molecule has 0 bridgehead atoms. The maximum atomic E-state index is 13.8. The normalized spacial score (nSPS) is 21.1. The van der Waals surface area contributed by atoms with E-state index in [-0.39, 0.29) is 61.4 Å². The monoisotopic (exact) mass is 998 g/mol. The first-order valence-electron chi connectivity index (χ1n) is 24.7. The molecule has 6 N–H and O–H groups in total. The summed E-state index contributed by atoms with van der Waals surface area (Å²) in [6.07, 6.45) is 1.20. The maximum Gasteiger partial charge on any atom is 0.268 e. The molecule has 18 nitrogen and oxygen atoms in total. The number of nitrogens with one attached hydrogen (secondary N) is 6. The van der Waals surface area contributed by atoms with E-state index >= 15 is 0 Å². The highest BCUT2D eigenvalue weighted by atomic mass is 16.5. The largest absolute Gasteiger partial charge is 0.496 e. The number of nitriles is 2. The van der Waals surface area contributed by atoms with E-state index in [1.54, 1.807) is 26.4 Å². The molecule has 2 spiro atoms. The number of aromatic amines is 2. The molecule has 0 radical (unpaired) electrons. The van der Waals surface area contributed by atoms with E-state index < -0.39 is 46.8 Å². The van der Waals surface area contributed by atoms with Crippen molar-refractivity contribution >= 4 is 68.6 Å². The molecule has 6 heterocycles. The van der Waals surface area contributed by atoms with Crippen molar-refractivity contribution in [3.8, 4) is 23.6 Å². The van der Waals surface area contributed by atoms with Crippen molar-refractivity contribution < 1.29 is 38.2 Å². The number of amides is 6. The molecule has 18 heteroatoms. The zero-order valence-corrected chi connectivity index (χ0v) is 42.0. The number of fused-ring (bicyclic) bond motifs is 6. The zero-order valence-electron chi connectivity index (χ0n) is 42.0. The van der Waals surface area contributed by atoms with Crippen LogP contribution in [0.15, 0.2) is 97.1 Å². The number of hydrogen-bond acceptors (Lipinski definition) is 10. The van der Waals surface area contributed by atoms with Crippen LogP contribution in [0.5, 0.6) is 11.5 Å². The molecular weight excluding hydrogens is 941 g/mol. The van der Waals surface area contributed by atoms with Crippen LogP contribution in [0.2, 0.25) is 0 Å². The Morgan fingerprint density at radius 2 is 1.01 bits per heavy atom. The van der Waals surface area contributed by atoms with Crippen molar-refractivity contribution in [2.45, 2.75) is 88.4 Å². The van der Waals surface area contributed by atoms with Crippen LogP contribution in [0.25, 0.3) is 21.8 Å². The molecule has 6 aromatic rings. The van der Waals surface area contributed by atoms with E-state index in [9.17, 15) is 39.3 Å². The van der Waals surface area contributed by atoms with Crippen LogP contribution in [0.4, 0.5) is 11.4 Å². The van der Waals surface area contributed by atoms with Gasteiger partial charge in [-0.05, 0) is 84.3 Å². The standard InChI is InChI=1S/2C28H29N5O4/c2*1-16(2)11-23(31-25(34)22-12-18-20(30-22)9-6-10-24(18)37-3)26(35)33-15-28(13-17(33)14-29)19-7-4-5-8-21(19)32-27(28)36/h2*4-10,12,16-17,23,30H,11,13,15H2,1-3H3,(H,31,34)(H,32,36)/t17-,23+,28-;17-,23-,28-/m00/s1. The van der Waals surface area contributed by atoms with Gasteiger partial charge in [-0.25, -0.2) is 0 Å². The lowest BCUT2D eigenvalue weighted by Gasteiger charge is -2.28. The second-order valence-corrected chi connectivity index (χ2v) is 20.3. The van der Waals surface area contributed by atoms with Gasteiger partial charge in [0, 0.05) is 59.1 Å². The predicted octanol–water partition coefficient (Wildman–Crippen LogP) is 6.67. The molecular formula is C56H58N10O8. The summed E-state index contributed by atoms with van der Waals surface area (Å²) in [6.45, 7) is 8.03. The number of carbonyl (C=O) groups is 6. The SMILES string of the molecule is COc1cccc2[nH]c(C(=O)N[C@@H](CC(C)C)C(=O)N3C[C@]4(C[C@H]3C#N)C(=O)Nc3ccccc34)cc12.COc1cccc2[nH]c(C(=O)N[C@H](CC(C)C)C(=O)N3C[C@]4(C[C@H]3C#N)C(=O)Nc3ccccc34)cc12. The molecule has 4 aliphatic rings. The Bertz CT molecular complexity index is 3090. The first kappa shape index (κ1) is 50.3. The highest BCUT2D eigenvalue weighted by molar-refractivity contribution is 6.09. The molecule has 380 valence electrons. The number of ether oxygens (including phenoxy) is 2. The average Bonchev–Trinajstić information content (AvgIpc) is 4.27. The van der Waals surface area contributed by atoms with Crippen molar-refractivity contribution in [3.63, 3.8) is 0 Å². The third kappa shape index (κ3) is 9.01.